The van der Waals surface area contributed by atoms with Gasteiger partial charge in [-0.25, -0.2) is 13.8 Å². The van der Waals surface area contributed by atoms with E-state index >= 15 is 0 Å². The number of benzene rings is 1. The smallest absolute Gasteiger partial charge is 0.163 e. The number of nitrogens with zero attached hydrogens (tertiary/aromatic N) is 1. The van der Waals surface area contributed by atoms with Gasteiger partial charge in [-0.1, -0.05) is 32.9 Å². The van der Waals surface area contributed by atoms with Crippen LogP contribution in [0, 0.1) is 11.6 Å². The zero-order valence-corrected chi connectivity index (χ0v) is 13.5. The third kappa shape index (κ3) is 3.66. The summed E-state index contributed by atoms with van der Waals surface area (Å²) in [4.78, 5) is 4.61. The van der Waals surface area contributed by atoms with Crippen molar-refractivity contribution in [2.75, 3.05) is 7.05 Å². The Kier molecular flexibility index (Phi) is 4.74. The molecule has 0 spiro atoms. The predicted octanol–water partition coefficient (Wildman–Crippen LogP) is 4.22. The van der Waals surface area contributed by atoms with Gasteiger partial charge in [-0.15, -0.1) is 11.3 Å². The average Bonchev–Trinajstić information content (AvgIpc) is 2.88. The van der Waals surface area contributed by atoms with E-state index in [1.807, 2.05) is 5.38 Å². The summed E-state index contributed by atoms with van der Waals surface area (Å²) in [7, 11) is 1.74. The number of likely N-dealkylation sites (N-methyl/N-ethyl adjacent to an activating group) is 1. The first-order chi connectivity index (χ1) is 9.82. The highest BCUT2D eigenvalue weighted by atomic mass is 32.1. The molecule has 0 amide bonds. The lowest BCUT2D eigenvalue weighted by Gasteiger charge is -2.17. The predicted molar refractivity (Wildman–Crippen MR) is 82.7 cm³/mol. The van der Waals surface area contributed by atoms with Crippen LogP contribution in [0.5, 0.6) is 0 Å². The average molecular weight is 310 g/mol. The number of nitrogens with one attached hydrogen (secondary N) is 1. The highest BCUT2D eigenvalue weighted by Crippen LogP contribution is 2.28. The molecule has 0 fully saturated rings. The minimum absolute atomic E-state index is 0.00596. The van der Waals surface area contributed by atoms with Crippen molar-refractivity contribution in [2.24, 2.45) is 0 Å². The Morgan fingerprint density at radius 3 is 2.57 bits per heavy atom. The Morgan fingerprint density at radius 1 is 1.29 bits per heavy atom. The molecule has 5 heteroatoms. The number of thiazole rings is 1. The fourth-order valence-corrected chi connectivity index (χ4v) is 3.15. The largest absolute Gasteiger partial charge is 0.313 e. The van der Waals surface area contributed by atoms with Crippen LogP contribution in [-0.2, 0) is 11.8 Å². The molecule has 1 atom stereocenters. The van der Waals surface area contributed by atoms with Gasteiger partial charge in [-0.2, -0.15) is 0 Å². The Morgan fingerprint density at radius 2 is 2.00 bits per heavy atom. The summed E-state index contributed by atoms with van der Waals surface area (Å²) in [5.74, 6) is -1.60. The van der Waals surface area contributed by atoms with Crippen molar-refractivity contribution in [2.45, 2.75) is 38.6 Å². The van der Waals surface area contributed by atoms with Gasteiger partial charge in [0, 0.05) is 28.8 Å². The molecule has 114 valence electrons. The maximum absolute atomic E-state index is 13.9. The van der Waals surface area contributed by atoms with Crippen molar-refractivity contribution < 1.29 is 8.78 Å². The molecule has 0 saturated carbocycles. The Balaban J connectivity index is 2.23. The molecule has 0 aliphatic rings. The number of rotatable bonds is 4. The van der Waals surface area contributed by atoms with Crippen LogP contribution in [0.3, 0.4) is 0 Å². The van der Waals surface area contributed by atoms with Crippen molar-refractivity contribution in [1.82, 2.24) is 10.3 Å². The summed E-state index contributed by atoms with van der Waals surface area (Å²) in [6.07, 6.45) is 0.539. The molecule has 21 heavy (non-hydrogen) atoms. The van der Waals surface area contributed by atoms with Gasteiger partial charge in [-0.05, 0) is 13.1 Å². The third-order valence-electron chi connectivity index (χ3n) is 3.40. The molecule has 0 aliphatic carbocycles. The van der Waals surface area contributed by atoms with E-state index in [1.165, 1.54) is 6.07 Å². The van der Waals surface area contributed by atoms with Crippen LogP contribution in [0.2, 0.25) is 0 Å². The molecule has 0 aliphatic heterocycles. The highest BCUT2D eigenvalue weighted by Gasteiger charge is 2.21. The van der Waals surface area contributed by atoms with E-state index in [0.717, 1.165) is 16.8 Å². The first-order valence-electron chi connectivity index (χ1n) is 6.89. The maximum Gasteiger partial charge on any atom is 0.163 e. The van der Waals surface area contributed by atoms with Crippen LogP contribution in [0.15, 0.2) is 23.6 Å². The van der Waals surface area contributed by atoms with Crippen LogP contribution in [0.4, 0.5) is 8.78 Å². The van der Waals surface area contributed by atoms with Crippen LogP contribution in [0.1, 0.15) is 43.1 Å². The van der Waals surface area contributed by atoms with Crippen LogP contribution in [-0.4, -0.2) is 12.0 Å². The monoisotopic (exact) mass is 310 g/mol. The second-order valence-corrected chi connectivity index (χ2v) is 7.01. The summed E-state index contributed by atoms with van der Waals surface area (Å²) in [5, 5.41) is 5.99. The van der Waals surface area contributed by atoms with E-state index in [-0.39, 0.29) is 11.5 Å². The van der Waals surface area contributed by atoms with Crippen molar-refractivity contribution in [1.29, 1.82) is 0 Å². The summed E-state index contributed by atoms with van der Waals surface area (Å²) in [5.41, 5.74) is 1.36. The Hall–Kier alpha value is -1.33. The molecule has 2 rings (SSSR count). The van der Waals surface area contributed by atoms with Crippen molar-refractivity contribution in [3.05, 3.63) is 51.5 Å². The van der Waals surface area contributed by atoms with Crippen LogP contribution >= 0.6 is 11.3 Å². The number of halogens is 2. The zero-order chi connectivity index (χ0) is 15.6. The van der Waals surface area contributed by atoms with E-state index in [4.69, 9.17) is 0 Å². The number of hydrogen-bond acceptors (Lipinski definition) is 3. The fraction of sp³-hybridized carbons (Fsp3) is 0.438. The standard InChI is InChI=1S/C16H20F2N2S/c1-16(2,3)13-9-21-14(20-13)8-12(19-4)10-6-5-7-11(17)15(10)18/h5-7,9,12,19H,8H2,1-4H3. The van der Waals surface area contributed by atoms with E-state index in [2.05, 4.69) is 31.1 Å². The molecule has 0 saturated heterocycles. The summed E-state index contributed by atoms with van der Waals surface area (Å²) >= 11 is 1.56. The minimum Gasteiger partial charge on any atom is -0.313 e. The molecule has 2 nitrogen and oxygen atoms in total. The molecule has 1 N–H and O–H groups in total. The number of hydrogen-bond donors (Lipinski definition) is 1. The van der Waals surface area contributed by atoms with Gasteiger partial charge >= 0.3 is 0 Å². The summed E-state index contributed by atoms with van der Waals surface area (Å²) in [6.45, 7) is 6.31. The summed E-state index contributed by atoms with van der Waals surface area (Å²) < 4.78 is 27.3. The second-order valence-electron chi connectivity index (χ2n) is 6.06. The van der Waals surface area contributed by atoms with Crippen molar-refractivity contribution in [3.63, 3.8) is 0 Å². The molecule has 0 radical (unpaired) electrons. The van der Waals surface area contributed by atoms with E-state index in [0.29, 0.717) is 12.0 Å². The second kappa shape index (κ2) is 6.20. The van der Waals surface area contributed by atoms with E-state index < -0.39 is 11.6 Å². The Bertz CT molecular complexity index is 617. The van der Waals surface area contributed by atoms with E-state index in [1.54, 1.807) is 24.5 Å². The van der Waals surface area contributed by atoms with Gasteiger partial charge in [0.05, 0.1) is 10.7 Å². The van der Waals surface area contributed by atoms with Gasteiger partial charge in [0.1, 0.15) is 0 Å². The number of aromatic nitrogens is 1. The van der Waals surface area contributed by atoms with Gasteiger partial charge in [0.15, 0.2) is 11.6 Å². The van der Waals surface area contributed by atoms with Gasteiger partial charge in [0.25, 0.3) is 0 Å². The first-order valence-corrected chi connectivity index (χ1v) is 7.77. The van der Waals surface area contributed by atoms with E-state index in [9.17, 15) is 8.78 Å². The first kappa shape index (κ1) is 16.0. The molecule has 0 bridgehead atoms. The van der Waals surface area contributed by atoms with Crippen molar-refractivity contribution in [3.8, 4) is 0 Å². The van der Waals surface area contributed by atoms with Gasteiger partial charge < -0.3 is 5.32 Å². The topological polar surface area (TPSA) is 24.9 Å². The third-order valence-corrected chi connectivity index (χ3v) is 4.28. The lowest BCUT2D eigenvalue weighted by Crippen LogP contribution is -2.20. The van der Waals surface area contributed by atoms with Gasteiger partial charge in [-0.3, -0.25) is 0 Å². The molecule has 1 aromatic heterocycles. The molecular formula is C16H20F2N2S. The molecule has 1 heterocycles. The molecule has 2 aromatic rings. The molecular weight excluding hydrogens is 290 g/mol. The van der Waals surface area contributed by atoms with Crippen LogP contribution < -0.4 is 5.32 Å². The zero-order valence-electron chi connectivity index (χ0n) is 12.7. The minimum atomic E-state index is -0.817. The highest BCUT2D eigenvalue weighted by molar-refractivity contribution is 7.09. The lowest BCUT2D eigenvalue weighted by atomic mass is 9.93. The van der Waals surface area contributed by atoms with Gasteiger partial charge in [0.2, 0.25) is 0 Å². The maximum atomic E-state index is 13.9. The lowest BCUT2D eigenvalue weighted by molar-refractivity contribution is 0.472. The normalized spacial score (nSPS) is 13.4. The van der Waals surface area contributed by atoms with Crippen molar-refractivity contribution >= 4 is 11.3 Å². The molecule has 1 aromatic carbocycles. The Labute approximate surface area is 128 Å². The fourth-order valence-electron chi connectivity index (χ4n) is 2.08. The van der Waals surface area contributed by atoms with Crippen LogP contribution in [0.25, 0.3) is 0 Å². The quantitative estimate of drug-likeness (QED) is 0.914. The molecule has 1 unspecified atom stereocenters. The summed E-state index contributed by atoms with van der Waals surface area (Å²) in [6, 6.07) is 3.98. The SMILES string of the molecule is CNC(Cc1nc(C(C)(C)C)cs1)c1cccc(F)c1F.